The summed E-state index contributed by atoms with van der Waals surface area (Å²) >= 11 is 0. The second-order valence-corrected chi connectivity index (χ2v) is 29.7. The van der Waals surface area contributed by atoms with Crippen LogP contribution in [0.4, 0.5) is 45.5 Å². The maximum atomic E-state index is 7.00. The number of aliphatic hydroxyl groups excluding tert-OH is 4. The van der Waals surface area contributed by atoms with Gasteiger partial charge in [0.05, 0.1) is 0 Å². The van der Waals surface area contributed by atoms with Crippen LogP contribution in [0.25, 0.3) is 0 Å². The number of rotatable bonds is 14. The summed E-state index contributed by atoms with van der Waals surface area (Å²) < 4.78 is 0. The van der Waals surface area contributed by atoms with E-state index in [-0.39, 0.29) is 10.8 Å². The van der Waals surface area contributed by atoms with Gasteiger partial charge < -0.3 is 66.3 Å². The number of nitrogens with two attached hydrogens (primary N) is 8. The third-order valence-electron chi connectivity index (χ3n) is 22.2. The van der Waals surface area contributed by atoms with Crippen molar-refractivity contribution in [3.05, 3.63) is 375 Å². The SMILES string of the molecule is CCc1cc(C(C)(c2ccccc2)c2cc(C)c(N)c(CC)c2)cc(C)c1N.CO.CO.CO.CO.Cc1cc(C(C)(c2ccccc2)c2cc(C)c(N)c(C)c2)cc(C)c1N.Cc1cc(C)c(N)c(C(C)(c2ccccc2)c2cc(C)cc(C)c2N)c1.Cc1ccc(N)c(C(C)(c2ccccc2)c2cc(C)ccc2N)c1. The lowest BCUT2D eigenvalue weighted by atomic mass is 9.68. The number of nitrogen functional groups attached to an aromatic ring is 8. The predicted octanol–water partition coefficient (Wildman–Crippen LogP) is 20.1. The van der Waals surface area contributed by atoms with Crippen LogP contribution in [0.15, 0.2) is 231 Å². The highest BCUT2D eigenvalue weighted by Crippen LogP contribution is 2.49. The zero-order valence-electron chi connectivity index (χ0n) is 70.8. The third kappa shape index (κ3) is 19.8. The maximum Gasteiger partial charge on any atom is 0.0464 e. The molecule has 0 bridgehead atoms. The average Bonchev–Trinajstić information content (AvgIpc) is 0.788. The number of aryl methyl sites for hydroxylation is 14. The number of anilines is 8. The van der Waals surface area contributed by atoms with E-state index in [0.717, 1.165) is 154 Å². The number of benzene rings is 12. The minimum atomic E-state index is -0.428. The molecule has 0 spiro atoms. The Balaban J connectivity index is 0.000000259. The lowest BCUT2D eigenvalue weighted by molar-refractivity contribution is 0.399. The topological polar surface area (TPSA) is 289 Å². The van der Waals surface area contributed by atoms with Crippen molar-refractivity contribution >= 4 is 45.5 Å². The fourth-order valence-electron chi connectivity index (χ4n) is 15.4. The predicted molar refractivity (Wildman–Crippen MR) is 483 cm³/mol. The molecule has 0 atom stereocenters. The molecule has 20 N–H and O–H groups in total. The largest absolute Gasteiger partial charge is 0.400 e. The van der Waals surface area contributed by atoms with Gasteiger partial charge in [0.25, 0.3) is 0 Å². The molecule has 112 heavy (non-hydrogen) atoms. The first-order valence-electron chi connectivity index (χ1n) is 38.3. The van der Waals surface area contributed by atoms with E-state index in [0.29, 0.717) is 0 Å². The minimum absolute atomic E-state index is 0.284. The van der Waals surface area contributed by atoms with Crippen molar-refractivity contribution in [1.82, 2.24) is 0 Å². The standard InChI is InChI=1S/C26H32N2.2C24H28N2.C22H24N2.4CH4O/c1-6-19-15-22(13-17(3)24(19)27)26(5,21-11-9-8-10-12-21)23-14-18(4)25(28)20(7-2)16-23;1-15-11-20(12-16(2)22(15)25)24(5,19-9-7-6-8-10-19)21-13-17(3)23(26)18(4)14-21;1-15-11-17(3)22(25)20(13-15)24(5,19-9-7-6-8-10-19)21-14-16(2)12-18(4)23(21)26;1-15-9-11-20(23)18(13-15)22(3,17-7-5-4-6-8-17)19-14-16(2)10-12-21(19)24;4*1-2/h8-16H,6-7,27-28H2,1-5H3;2*6-14H,25-26H2,1-5H3;4-14H,23-24H2,1-3H3;4*2H,1H3. The second kappa shape index (κ2) is 40.7. The molecule has 12 heteroatoms. The molecular weight excluding hydrogens is 1380 g/mol. The summed E-state index contributed by atoms with van der Waals surface area (Å²) in [6.07, 6.45) is 1.85. The van der Waals surface area contributed by atoms with Crippen molar-refractivity contribution in [3.63, 3.8) is 0 Å². The number of aliphatic hydroxyl groups is 4. The Morgan fingerprint density at radius 1 is 0.214 bits per heavy atom. The first-order chi connectivity index (χ1) is 53.2. The van der Waals surface area contributed by atoms with E-state index in [1.165, 1.54) is 77.9 Å². The first-order valence-corrected chi connectivity index (χ1v) is 38.3. The lowest BCUT2D eigenvalue weighted by Crippen LogP contribution is -2.28. The van der Waals surface area contributed by atoms with Gasteiger partial charge in [-0.2, -0.15) is 0 Å². The van der Waals surface area contributed by atoms with E-state index in [9.17, 15) is 0 Å². The summed E-state index contributed by atoms with van der Waals surface area (Å²) in [5, 5.41) is 28.0. The number of hydrogen-bond donors (Lipinski definition) is 12. The van der Waals surface area contributed by atoms with Gasteiger partial charge in [0, 0.05) is 95.6 Å². The molecule has 0 heterocycles. The molecule has 0 radical (unpaired) electrons. The van der Waals surface area contributed by atoms with Crippen molar-refractivity contribution in [1.29, 1.82) is 0 Å². The van der Waals surface area contributed by atoms with Crippen molar-refractivity contribution in [3.8, 4) is 0 Å². The second-order valence-electron chi connectivity index (χ2n) is 29.7. The van der Waals surface area contributed by atoms with Gasteiger partial charge in [-0.3, -0.25) is 0 Å². The van der Waals surface area contributed by atoms with Crippen molar-refractivity contribution in [2.75, 3.05) is 74.3 Å². The van der Waals surface area contributed by atoms with Crippen LogP contribution in [-0.2, 0) is 34.5 Å². The van der Waals surface area contributed by atoms with Crippen LogP contribution in [0.2, 0.25) is 0 Å². The molecule has 0 aliphatic rings. The van der Waals surface area contributed by atoms with E-state index in [1.807, 2.05) is 36.4 Å². The summed E-state index contributed by atoms with van der Waals surface area (Å²) in [7, 11) is 4.00. The monoisotopic (exact) mass is 1510 g/mol. The molecule has 0 saturated heterocycles. The van der Waals surface area contributed by atoms with Gasteiger partial charge in [-0.1, -0.05) is 254 Å². The Hall–Kier alpha value is -11.1. The molecule has 12 nitrogen and oxygen atoms in total. The Morgan fingerprint density at radius 2 is 0.429 bits per heavy atom. The normalized spacial score (nSPS) is 10.9. The molecule has 0 aliphatic heterocycles. The Morgan fingerprint density at radius 3 is 0.688 bits per heavy atom. The van der Waals surface area contributed by atoms with Crippen LogP contribution in [0.3, 0.4) is 0 Å². The molecule has 0 amide bonds. The van der Waals surface area contributed by atoms with E-state index < -0.39 is 10.8 Å². The van der Waals surface area contributed by atoms with E-state index in [1.54, 1.807) is 0 Å². The molecule has 592 valence electrons. The van der Waals surface area contributed by atoms with E-state index in [4.69, 9.17) is 66.3 Å². The van der Waals surface area contributed by atoms with Gasteiger partial charge in [-0.25, -0.2) is 0 Å². The highest BCUT2D eigenvalue weighted by molar-refractivity contribution is 5.72. The summed E-state index contributed by atoms with van der Waals surface area (Å²) in [6.45, 7) is 38.5. The van der Waals surface area contributed by atoms with E-state index >= 15 is 0 Å². The van der Waals surface area contributed by atoms with Crippen LogP contribution >= 0.6 is 0 Å². The molecule has 0 saturated carbocycles. The third-order valence-corrected chi connectivity index (χ3v) is 22.2. The Bertz CT molecular complexity index is 4790. The van der Waals surface area contributed by atoms with Gasteiger partial charge in [0.15, 0.2) is 0 Å². The van der Waals surface area contributed by atoms with Gasteiger partial charge in [0.2, 0.25) is 0 Å². The summed E-state index contributed by atoms with van der Waals surface area (Å²) in [5.41, 5.74) is 87.0. The summed E-state index contributed by atoms with van der Waals surface area (Å²) in [6, 6.07) is 81.3. The van der Waals surface area contributed by atoms with E-state index in [2.05, 4.69) is 319 Å². The zero-order valence-corrected chi connectivity index (χ0v) is 70.8. The van der Waals surface area contributed by atoms with Crippen molar-refractivity contribution in [2.45, 2.75) is 159 Å². The quantitative estimate of drug-likeness (QED) is 0.0358. The lowest BCUT2D eigenvalue weighted by Gasteiger charge is -2.35. The van der Waals surface area contributed by atoms with Crippen LogP contribution in [-0.4, -0.2) is 48.9 Å². The van der Waals surface area contributed by atoms with Crippen LogP contribution in [0.1, 0.15) is 186 Å². The molecule has 0 unspecified atom stereocenters. The molecule has 12 rings (SSSR count). The Kier molecular flexibility index (Phi) is 33.3. The molecule has 0 aliphatic carbocycles. The van der Waals surface area contributed by atoms with Gasteiger partial charge in [-0.05, 0) is 258 Å². The highest BCUT2D eigenvalue weighted by Gasteiger charge is 2.39. The van der Waals surface area contributed by atoms with Crippen LogP contribution in [0, 0.1) is 83.1 Å². The van der Waals surface area contributed by atoms with Gasteiger partial charge in [0.1, 0.15) is 0 Å². The van der Waals surface area contributed by atoms with Crippen LogP contribution in [0.5, 0.6) is 0 Å². The summed E-state index contributed by atoms with van der Waals surface area (Å²) in [4.78, 5) is 0. The minimum Gasteiger partial charge on any atom is -0.400 e. The first kappa shape index (κ1) is 91.5. The van der Waals surface area contributed by atoms with Crippen LogP contribution < -0.4 is 45.9 Å². The maximum absolute atomic E-state index is 7.00. The Labute approximate surface area is 670 Å². The molecule has 0 aromatic heterocycles. The summed E-state index contributed by atoms with van der Waals surface area (Å²) in [5.74, 6) is 0. The highest BCUT2D eigenvalue weighted by atomic mass is 16.2. The van der Waals surface area contributed by atoms with Gasteiger partial charge >= 0.3 is 0 Å². The molecule has 0 fully saturated rings. The molecular formula is C100H128N8O4. The van der Waals surface area contributed by atoms with Crippen molar-refractivity contribution in [2.24, 2.45) is 0 Å². The average molecular weight is 1510 g/mol. The van der Waals surface area contributed by atoms with Gasteiger partial charge in [-0.15, -0.1) is 0 Å². The van der Waals surface area contributed by atoms with Crippen molar-refractivity contribution < 1.29 is 20.4 Å². The zero-order chi connectivity index (χ0) is 83.9. The molecule has 12 aromatic rings. The molecule has 12 aromatic carbocycles. The fraction of sp³-hybridized carbons (Fsp3) is 0.280. The number of hydrogen-bond acceptors (Lipinski definition) is 12. The smallest absolute Gasteiger partial charge is 0.0464 e. The fourth-order valence-corrected chi connectivity index (χ4v) is 15.4.